The van der Waals surface area contributed by atoms with Gasteiger partial charge >= 0.3 is 0 Å². The van der Waals surface area contributed by atoms with Crippen LogP contribution in [0.3, 0.4) is 0 Å². The Bertz CT molecular complexity index is 579. The van der Waals surface area contributed by atoms with Crippen LogP contribution in [-0.2, 0) is 17.6 Å². The SMILES string of the molecule is N#Cc1c(NC(=O)CCC2CCCC2)sc2c1CCCCC2. The van der Waals surface area contributed by atoms with Crippen molar-refractivity contribution in [2.45, 2.75) is 70.6 Å². The van der Waals surface area contributed by atoms with Crippen molar-refractivity contribution in [2.24, 2.45) is 5.92 Å². The Morgan fingerprint density at radius 3 is 2.73 bits per heavy atom. The predicted molar refractivity (Wildman–Crippen MR) is 90.1 cm³/mol. The molecular weight excluding hydrogens is 292 g/mol. The molecule has 0 aromatic carbocycles. The lowest BCUT2D eigenvalue weighted by Crippen LogP contribution is -2.12. The van der Waals surface area contributed by atoms with Gasteiger partial charge in [-0.15, -0.1) is 11.3 Å². The molecule has 3 nitrogen and oxygen atoms in total. The normalized spacial score (nSPS) is 18.5. The lowest BCUT2D eigenvalue weighted by Gasteiger charge is -2.08. The van der Waals surface area contributed by atoms with E-state index in [1.807, 2.05) is 0 Å². The van der Waals surface area contributed by atoms with E-state index in [4.69, 9.17) is 0 Å². The van der Waals surface area contributed by atoms with Gasteiger partial charge in [0.1, 0.15) is 11.1 Å². The minimum atomic E-state index is 0.0832. The van der Waals surface area contributed by atoms with Gasteiger partial charge in [0.05, 0.1) is 5.56 Å². The summed E-state index contributed by atoms with van der Waals surface area (Å²) >= 11 is 1.63. The summed E-state index contributed by atoms with van der Waals surface area (Å²) in [6.45, 7) is 0. The second-order valence-electron chi connectivity index (χ2n) is 6.62. The summed E-state index contributed by atoms with van der Waals surface area (Å²) in [6, 6.07) is 2.33. The zero-order valence-electron chi connectivity index (χ0n) is 13.1. The molecule has 3 rings (SSSR count). The van der Waals surface area contributed by atoms with Crippen LogP contribution in [0.15, 0.2) is 0 Å². The fourth-order valence-corrected chi connectivity index (χ4v) is 5.03. The molecule has 1 aromatic rings. The first-order valence-corrected chi connectivity index (χ1v) is 9.44. The molecular formula is C18H24N2OS. The number of carbonyl (C=O) groups is 1. The second kappa shape index (κ2) is 7.28. The van der Waals surface area contributed by atoms with E-state index in [-0.39, 0.29) is 5.91 Å². The topological polar surface area (TPSA) is 52.9 Å². The standard InChI is InChI=1S/C18H24N2OS/c19-12-15-14-8-2-1-3-9-16(14)22-18(15)20-17(21)11-10-13-6-4-5-7-13/h13H,1-11H2,(H,20,21). The molecule has 4 heteroatoms. The van der Waals surface area contributed by atoms with E-state index >= 15 is 0 Å². The Morgan fingerprint density at radius 1 is 1.18 bits per heavy atom. The van der Waals surface area contributed by atoms with Crippen LogP contribution < -0.4 is 5.32 Å². The number of rotatable bonds is 4. The number of aryl methyl sites for hydroxylation is 1. The Labute approximate surface area is 136 Å². The number of thiophene rings is 1. The summed E-state index contributed by atoms with van der Waals surface area (Å²) < 4.78 is 0. The number of nitriles is 1. The van der Waals surface area contributed by atoms with Crippen molar-refractivity contribution in [1.29, 1.82) is 5.26 Å². The monoisotopic (exact) mass is 316 g/mol. The molecule has 2 aliphatic carbocycles. The average molecular weight is 316 g/mol. The van der Waals surface area contributed by atoms with Crippen molar-refractivity contribution in [1.82, 2.24) is 0 Å². The summed E-state index contributed by atoms with van der Waals surface area (Å²) in [4.78, 5) is 13.5. The summed E-state index contributed by atoms with van der Waals surface area (Å²) in [5.74, 6) is 0.820. The zero-order chi connectivity index (χ0) is 15.4. The molecule has 0 atom stereocenters. The molecule has 0 aliphatic heterocycles. The predicted octanol–water partition coefficient (Wildman–Crippen LogP) is 4.80. The van der Waals surface area contributed by atoms with Gasteiger partial charge in [-0.3, -0.25) is 4.79 Å². The maximum Gasteiger partial charge on any atom is 0.225 e. The number of nitrogens with one attached hydrogen (secondary N) is 1. The van der Waals surface area contributed by atoms with Gasteiger partial charge < -0.3 is 5.32 Å². The highest BCUT2D eigenvalue weighted by atomic mass is 32.1. The van der Waals surface area contributed by atoms with E-state index in [2.05, 4.69) is 11.4 Å². The number of fused-ring (bicyclic) bond motifs is 1. The number of nitrogens with zero attached hydrogens (tertiary/aromatic N) is 1. The van der Waals surface area contributed by atoms with Crippen LogP contribution >= 0.6 is 11.3 Å². The Morgan fingerprint density at radius 2 is 1.95 bits per heavy atom. The van der Waals surface area contributed by atoms with Gasteiger partial charge in [-0.2, -0.15) is 5.26 Å². The van der Waals surface area contributed by atoms with Crippen LogP contribution in [0.4, 0.5) is 5.00 Å². The van der Waals surface area contributed by atoms with E-state index < -0.39 is 0 Å². The fourth-order valence-electron chi connectivity index (χ4n) is 3.77. The van der Waals surface area contributed by atoms with Crippen LogP contribution in [0.25, 0.3) is 0 Å². The molecule has 0 bridgehead atoms. The highest BCUT2D eigenvalue weighted by molar-refractivity contribution is 7.16. The van der Waals surface area contributed by atoms with Gasteiger partial charge in [0, 0.05) is 11.3 Å². The van der Waals surface area contributed by atoms with Gasteiger partial charge in [-0.05, 0) is 43.6 Å². The van der Waals surface area contributed by atoms with E-state index in [1.165, 1.54) is 49.0 Å². The molecule has 1 amide bonds. The molecule has 1 saturated carbocycles. The average Bonchev–Trinajstić information content (AvgIpc) is 3.08. The fraction of sp³-hybridized carbons (Fsp3) is 0.667. The Hall–Kier alpha value is -1.34. The van der Waals surface area contributed by atoms with Gasteiger partial charge in [0.15, 0.2) is 0 Å². The van der Waals surface area contributed by atoms with Gasteiger partial charge in [-0.25, -0.2) is 0 Å². The molecule has 0 spiro atoms. The minimum Gasteiger partial charge on any atom is -0.317 e. The molecule has 1 N–H and O–H groups in total. The molecule has 0 unspecified atom stereocenters. The lowest BCUT2D eigenvalue weighted by atomic mass is 10.0. The lowest BCUT2D eigenvalue weighted by molar-refractivity contribution is -0.116. The number of hydrogen-bond donors (Lipinski definition) is 1. The highest BCUT2D eigenvalue weighted by Gasteiger charge is 2.21. The molecule has 0 radical (unpaired) electrons. The largest absolute Gasteiger partial charge is 0.317 e. The second-order valence-corrected chi connectivity index (χ2v) is 7.72. The van der Waals surface area contributed by atoms with Crippen molar-refractivity contribution in [2.75, 3.05) is 5.32 Å². The highest BCUT2D eigenvalue weighted by Crippen LogP contribution is 2.37. The zero-order valence-corrected chi connectivity index (χ0v) is 13.9. The van der Waals surface area contributed by atoms with E-state index in [0.717, 1.165) is 42.2 Å². The molecule has 118 valence electrons. The Kier molecular flexibility index (Phi) is 5.15. The molecule has 1 heterocycles. The molecule has 1 aromatic heterocycles. The van der Waals surface area contributed by atoms with Crippen molar-refractivity contribution in [3.8, 4) is 6.07 Å². The third-order valence-corrected chi connectivity index (χ3v) is 6.25. The van der Waals surface area contributed by atoms with Gasteiger partial charge in [0.2, 0.25) is 5.91 Å². The summed E-state index contributed by atoms with van der Waals surface area (Å²) in [7, 11) is 0. The van der Waals surface area contributed by atoms with E-state index in [1.54, 1.807) is 11.3 Å². The van der Waals surface area contributed by atoms with Gasteiger partial charge in [-0.1, -0.05) is 32.1 Å². The van der Waals surface area contributed by atoms with Crippen molar-refractivity contribution >= 4 is 22.2 Å². The quantitative estimate of drug-likeness (QED) is 0.811. The summed E-state index contributed by atoms with van der Waals surface area (Å²) in [5, 5.41) is 13.3. The smallest absolute Gasteiger partial charge is 0.225 e. The van der Waals surface area contributed by atoms with Crippen molar-refractivity contribution in [3.63, 3.8) is 0 Å². The Balaban J connectivity index is 1.64. The third-order valence-electron chi connectivity index (χ3n) is 5.04. The molecule has 2 aliphatic rings. The molecule has 1 fully saturated rings. The maximum atomic E-state index is 12.2. The van der Waals surface area contributed by atoms with Gasteiger partial charge in [0.25, 0.3) is 0 Å². The van der Waals surface area contributed by atoms with Crippen LogP contribution in [0.2, 0.25) is 0 Å². The summed E-state index contributed by atoms with van der Waals surface area (Å²) in [6.07, 6.45) is 12.5. The van der Waals surface area contributed by atoms with Crippen LogP contribution in [0.5, 0.6) is 0 Å². The summed E-state index contributed by atoms with van der Waals surface area (Å²) in [5.41, 5.74) is 1.94. The minimum absolute atomic E-state index is 0.0832. The van der Waals surface area contributed by atoms with E-state index in [9.17, 15) is 10.1 Å². The first-order chi connectivity index (χ1) is 10.8. The van der Waals surface area contributed by atoms with Crippen LogP contribution in [0.1, 0.15) is 73.8 Å². The molecule has 0 saturated heterocycles. The van der Waals surface area contributed by atoms with Crippen LogP contribution in [0, 0.1) is 17.2 Å². The molecule has 22 heavy (non-hydrogen) atoms. The third kappa shape index (κ3) is 3.52. The first kappa shape index (κ1) is 15.6. The van der Waals surface area contributed by atoms with E-state index in [0.29, 0.717) is 6.42 Å². The van der Waals surface area contributed by atoms with Crippen molar-refractivity contribution in [3.05, 3.63) is 16.0 Å². The number of amides is 1. The van der Waals surface area contributed by atoms with Crippen LogP contribution in [-0.4, -0.2) is 5.91 Å². The number of carbonyl (C=O) groups excluding carboxylic acids is 1. The van der Waals surface area contributed by atoms with Crippen molar-refractivity contribution < 1.29 is 4.79 Å². The number of anilines is 1. The number of hydrogen-bond acceptors (Lipinski definition) is 3. The maximum absolute atomic E-state index is 12.2. The first-order valence-electron chi connectivity index (χ1n) is 8.62.